The molecule has 1 fully saturated rings. The number of rotatable bonds is 5. The average Bonchev–Trinajstić information content (AvgIpc) is 2.63. The summed E-state index contributed by atoms with van der Waals surface area (Å²) in [7, 11) is 0. The monoisotopic (exact) mass is 338 g/mol. The Morgan fingerprint density at radius 3 is 2.60 bits per heavy atom. The van der Waals surface area contributed by atoms with E-state index in [9.17, 15) is 0 Å². The molecule has 0 radical (unpaired) electrons. The molecule has 0 saturated carbocycles. The lowest BCUT2D eigenvalue weighted by Crippen LogP contribution is -2.35. The highest BCUT2D eigenvalue weighted by atomic mass is 15.1. The summed E-state index contributed by atoms with van der Waals surface area (Å²) in [5, 5.41) is 0. The molecular weight excluding hydrogens is 308 g/mol. The fourth-order valence-corrected chi connectivity index (χ4v) is 3.73. The largest absolute Gasteiger partial charge is 0.371 e. The molecule has 2 aromatic rings. The van der Waals surface area contributed by atoms with Crippen molar-refractivity contribution >= 4 is 5.69 Å². The summed E-state index contributed by atoms with van der Waals surface area (Å²) >= 11 is 0. The van der Waals surface area contributed by atoms with Gasteiger partial charge in [-0.1, -0.05) is 18.2 Å². The van der Waals surface area contributed by atoms with Crippen LogP contribution in [0.25, 0.3) is 0 Å². The highest BCUT2D eigenvalue weighted by Crippen LogP contribution is 2.32. The maximum Gasteiger partial charge on any atom is 0.0471 e. The summed E-state index contributed by atoms with van der Waals surface area (Å²) in [6, 6.07) is 13.1. The molecule has 1 saturated heterocycles. The maximum atomic E-state index is 6.09. The summed E-state index contributed by atoms with van der Waals surface area (Å²) < 4.78 is 0. The predicted octanol–water partition coefficient (Wildman–Crippen LogP) is 2.91. The van der Waals surface area contributed by atoms with Gasteiger partial charge in [0.1, 0.15) is 0 Å². The predicted molar refractivity (Wildman–Crippen MR) is 105 cm³/mol. The van der Waals surface area contributed by atoms with Crippen LogP contribution in [0.5, 0.6) is 0 Å². The lowest BCUT2D eigenvalue weighted by Gasteiger charge is -2.34. The minimum Gasteiger partial charge on any atom is -0.371 e. The molecule has 0 bridgehead atoms. The minimum atomic E-state index is 0.00985. The molecule has 0 amide bonds. The zero-order chi connectivity index (χ0) is 17.8. The van der Waals surface area contributed by atoms with E-state index >= 15 is 0 Å². The second kappa shape index (κ2) is 7.98. The van der Waals surface area contributed by atoms with Gasteiger partial charge in [-0.05, 0) is 62.4 Å². The van der Waals surface area contributed by atoms with Gasteiger partial charge in [0.15, 0.2) is 0 Å². The number of hydrogen-bond acceptors (Lipinski definition) is 4. The van der Waals surface area contributed by atoms with Crippen LogP contribution in [0.2, 0.25) is 0 Å². The number of hydrogen-bond donors (Lipinski definition) is 2. The van der Waals surface area contributed by atoms with E-state index in [0.29, 0.717) is 12.5 Å². The fourth-order valence-electron chi connectivity index (χ4n) is 3.73. The number of anilines is 1. The van der Waals surface area contributed by atoms with Crippen molar-refractivity contribution in [1.29, 1.82) is 0 Å². The molecule has 1 aromatic heterocycles. The quantitative estimate of drug-likeness (QED) is 0.879. The first kappa shape index (κ1) is 17.9. The van der Waals surface area contributed by atoms with Crippen LogP contribution < -0.4 is 16.4 Å². The van der Waals surface area contributed by atoms with Crippen LogP contribution in [0.4, 0.5) is 5.69 Å². The van der Waals surface area contributed by atoms with Gasteiger partial charge in [-0.2, -0.15) is 0 Å². The SMILES string of the molecule is Cc1cccc(N2CCC(c3nc(C)ccc3CC(N)CN)CC2)c1. The molecule has 1 aliphatic rings. The van der Waals surface area contributed by atoms with Crippen molar-refractivity contribution in [2.45, 2.75) is 45.1 Å². The Kier molecular flexibility index (Phi) is 5.71. The number of aryl methyl sites for hydroxylation is 2. The molecule has 0 spiro atoms. The third-order valence-electron chi connectivity index (χ3n) is 5.18. The molecular formula is C21H30N4. The summed E-state index contributed by atoms with van der Waals surface area (Å²) in [6.07, 6.45) is 3.09. The van der Waals surface area contributed by atoms with Crippen LogP contribution in [-0.4, -0.2) is 30.7 Å². The standard InChI is InChI=1S/C21H30N4/c1-15-4-3-5-20(12-15)25-10-8-17(9-11-25)21-18(13-19(23)14-22)7-6-16(2)24-21/h3-7,12,17,19H,8-11,13-14,22-23H2,1-2H3. The van der Waals surface area contributed by atoms with Crippen LogP contribution >= 0.6 is 0 Å². The van der Waals surface area contributed by atoms with Crippen molar-refractivity contribution in [3.63, 3.8) is 0 Å². The second-order valence-electron chi connectivity index (χ2n) is 7.30. The average molecular weight is 338 g/mol. The topological polar surface area (TPSA) is 68.2 Å². The molecule has 1 unspecified atom stereocenters. The molecule has 1 aliphatic heterocycles. The van der Waals surface area contributed by atoms with E-state index in [4.69, 9.17) is 16.5 Å². The fraction of sp³-hybridized carbons (Fsp3) is 0.476. The Bertz CT molecular complexity index is 705. The first-order valence-corrected chi connectivity index (χ1v) is 9.30. The Labute approximate surface area is 151 Å². The Morgan fingerprint density at radius 2 is 1.92 bits per heavy atom. The van der Waals surface area contributed by atoms with Gasteiger partial charge >= 0.3 is 0 Å². The van der Waals surface area contributed by atoms with Gasteiger partial charge in [0, 0.05) is 48.7 Å². The first-order valence-electron chi connectivity index (χ1n) is 9.30. The number of piperidine rings is 1. The number of nitrogens with two attached hydrogens (primary N) is 2. The Hall–Kier alpha value is -1.91. The van der Waals surface area contributed by atoms with E-state index in [-0.39, 0.29) is 6.04 Å². The minimum absolute atomic E-state index is 0.00985. The van der Waals surface area contributed by atoms with Gasteiger partial charge in [-0.15, -0.1) is 0 Å². The molecule has 3 rings (SSSR count). The van der Waals surface area contributed by atoms with Crippen LogP contribution in [0.3, 0.4) is 0 Å². The van der Waals surface area contributed by atoms with E-state index in [2.05, 4.69) is 55.1 Å². The smallest absolute Gasteiger partial charge is 0.0471 e. The Balaban J connectivity index is 1.73. The van der Waals surface area contributed by atoms with Crippen molar-refractivity contribution in [2.75, 3.05) is 24.5 Å². The molecule has 2 heterocycles. The van der Waals surface area contributed by atoms with Crippen LogP contribution in [0.1, 0.15) is 41.3 Å². The maximum absolute atomic E-state index is 6.09. The summed E-state index contributed by atoms with van der Waals surface area (Å²) in [6.45, 7) is 6.88. The number of nitrogens with zero attached hydrogens (tertiary/aromatic N) is 2. The summed E-state index contributed by atoms with van der Waals surface area (Å²) in [5.74, 6) is 0.515. The summed E-state index contributed by atoms with van der Waals surface area (Å²) in [4.78, 5) is 7.37. The van der Waals surface area contributed by atoms with Gasteiger partial charge in [0.25, 0.3) is 0 Å². The van der Waals surface area contributed by atoms with Gasteiger partial charge in [0.2, 0.25) is 0 Å². The van der Waals surface area contributed by atoms with E-state index in [1.165, 1.54) is 22.5 Å². The van der Waals surface area contributed by atoms with E-state index in [1.807, 2.05) is 0 Å². The lowest BCUT2D eigenvalue weighted by atomic mass is 9.88. The van der Waals surface area contributed by atoms with Gasteiger partial charge in [-0.3, -0.25) is 4.98 Å². The molecule has 4 nitrogen and oxygen atoms in total. The van der Waals surface area contributed by atoms with Crippen molar-refractivity contribution < 1.29 is 0 Å². The van der Waals surface area contributed by atoms with Gasteiger partial charge < -0.3 is 16.4 Å². The second-order valence-corrected chi connectivity index (χ2v) is 7.30. The first-order chi connectivity index (χ1) is 12.1. The molecule has 4 heteroatoms. The highest BCUT2D eigenvalue weighted by Gasteiger charge is 2.24. The van der Waals surface area contributed by atoms with Crippen molar-refractivity contribution in [3.8, 4) is 0 Å². The molecule has 4 N–H and O–H groups in total. The van der Waals surface area contributed by atoms with E-state index < -0.39 is 0 Å². The molecule has 25 heavy (non-hydrogen) atoms. The highest BCUT2D eigenvalue weighted by molar-refractivity contribution is 5.49. The normalized spacial score (nSPS) is 16.9. The van der Waals surface area contributed by atoms with Crippen LogP contribution in [0.15, 0.2) is 36.4 Å². The van der Waals surface area contributed by atoms with Gasteiger partial charge in [-0.25, -0.2) is 0 Å². The third kappa shape index (κ3) is 4.39. The van der Waals surface area contributed by atoms with Crippen molar-refractivity contribution in [2.24, 2.45) is 11.5 Å². The number of benzene rings is 1. The van der Waals surface area contributed by atoms with E-state index in [1.54, 1.807) is 0 Å². The zero-order valence-corrected chi connectivity index (χ0v) is 15.4. The van der Waals surface area contributed by atoms with Crippen molar-refractivity contribution in [1.82, 2.24) is 4.98 Å². The van der Waals surface area contributed by atoms with Crippen LogP contribution in [-0.2, 0) is 6.42 Å². The van der Waals surface area contributed by atoms with Crippen LogP contribution in [0, 0.1) is 13.8 Å². The molecule has 134 valence electrons. The molecule has 1 aromatic carbocycles. The molecule has 1 atom stereocenters. The molecule has 0 aliphatic carbocycles. The Morgan fingerprint density at radius 1 is 1.16 bits per heavy atom. The summed E-state index contributed by atoms with van der Waals surface area (Å²) in [5.41, 5.74) is 18.1. The zero-order valence-electron chi connectivity index (χ0n) is 15.4. The van der Waals surface area contributed by atoms with Gasteiger partial charge in [0.05, 0.1) is 0 Å². The lowest BCUT2D eigenvalue weighted by molar-refractivity contribution is 0.490. The van der Waals surface area contributed by atoms with Crippen molar-refractivity contribution in [3.05, 3.63) is 58.9 Å². The number of aromatic nitrogens is 1. The third-order valence-corrected chi connectivity index (χ3v) is 5.18. The van der Waals surface area contributed by atoms with E-state index in [0.717, 1.165) is 38.0 Å². The number of pyridine rings is 1.